The number of unbranched alkanes of at least 4 members (excludes halogenated alkanes) is 1. The van der Waals surface area contributed by atoms with E-state index < -0.39 is 0 Å². The van der Waals surface area contributed by atoms with Crippen LogP contribution in [-0.4, -0.2) is 31.3 Å². The molecule has 0 aliphatic carbocycles. The van der Waals surface area contributed by atoms with Crippen LogP contribution in [0.15, 0.2) is 12.2 Å². The highest BCUT2D eigenvalue weighted by molar-refractivity contribution is 5.91. The predicted molar refractivity (Wildman–Crippen MR) is 70.6 cm³/mol. The molecule has 0 N–H and O–H groups in total. The van der Waals surface area contributed by atoms with Crippen LogP contribution in [0.3, 0.4) is 0 Å². The van der Waals surface area contributed by atoms with Crippen LogP contribution in [0.25, 0.3) is 0 Å². The fourth-order valence-corrected chi connectivity index (χ4v) is 1.74. The van der Waals surface area contributed by atoms with Crippen molar-refractivity contribution in [1.29, 1.82) is 0 Å². The van der Waals surface area contributed by atoms with Crippen LogP contribution in [0.4, 0.5) is 0 Å². The second-order valence-corrected chi connectivity index (χ2v) is 4.69. The van der Waals surface area contributed by atoms with Gasteiger partial charge in [-0.2, -0.15) is 0 Å². The number of nitrogens with zero attached hydrogens (tertiary/aromatic N) is 1. The van der Waals surface area contributed by atoms with Crippen molar-refractivity contribution in [3.8, 4) is 0 Å². The largest absolute Gasteiger partial charge is 0.306 e. The number of hydrogen-bond donors (Lipinski definition) is 0. The second-order valence-electron chi connectivity index (χ2n) is 4.69. The molecule has 0 aromatic carbocycles. The van der Waals surface area contributed by atoms with Crippen LogP contribution < -0.4 is 0 Å². The highest BCUT2D eigenvalue weighted by atomic mass is 16.1. The Kier molecular flexibility index (Phi) is 9.21. The van der Waals surface area contributed by atoms with E-state index >= 15 is 0 Å². The highest BCUT2D eigenvalue weighted by Gasteiger charge is 2.13. The molecule has 1 unspecified atom stereocenters. The average molecular weight is 225 g/mol. The van der Waals surface area contributed by atoms with Gasteiger partial charge < -0.3 is 4.90 Å². The molecule has 0 amide bonds. The Balaban J connectivity index is 4.09. The van der Waals surface area contributed by atoms with E-state index in [4.69, 9.17) is 0 Å². The summed E-state index contributed by atoms with van der Waals surface area (Å²) < 4.78 is 0. The molecule has 0 bridgehead atoms. The van der Waals surface area contributed by atoms with Crippen molar-refractivity contribution in [1.82, 2.24) is 4.90 Å². The first kappa shape index (κ1) is 15.4. The van der Waals surface area contributed by atoms with Gasteiger partial charge in [0.25, 0.3) is 0 Å². The Morgan fingerprint density at radius 2 is 1.88 bits per heavy atom. The van der Waals surface area contributed by atoms with Gasteiger partial charge in [0.05, 0.1) is 0 Å². The monoisotopic (exact) mass is 225 g/mol. The van der Waals surface area contributed by atoms with Crippen LogP contribution in [-0.2, 0) is 4.79 Å². The van der Waals surface area contributed by atoms with Crippen molar-refractivity contribution < 1.29 is 4.79 Å². The third-order valence-corrected chi connectivity index (χ3v) is 2.70. The van der Waals surface area contributed by atoms with Gasteiger partial charge in [0.2, 0.25) is 0 Å². The van der Waals surface area contributed by atoms with Crippen molar-refractivity contribution in [2.24, 2.45) is 5.92 Å². The fraction of sp³-hybridized carbons (Fsp3) is 0.786. The zero-order valence-corrected chi connectivity index (χ0v) is 11.3. The molecule has 1 atom stereocenters. The third-order valence-electron chi connectivity index (χ3n) is 2.70. The van der Waals surface area contributed by atoms with E-state index in [1.807, 2.05) is 20.2 Å². The van der Waals surface area contributed by atoms with Crippen LogP contribution in [0, 0.1) is 5.92 Å². The van der Waals surface area contributed by atoms with Gasteiger partial charge in [-0.1, -0.05) is 39.2 Å². The first-order chi connectivity index (χ1) is 7.61. The minimum absolute atomic E-state index is 0.253. The first-order valence-corrected chi connectivity index (χ1v) is 6.46. The molecule has 0 fully saturated rings. The molecule has 16 heavy (non-hydrogen) atoms. The quantitative estimate of drug-likeness (QED) is 0.561. The Hall–Kier alpha value is -0.630. The summed E-state index contributed by atoms with van der Waals surface area (Å²) in [4.78, 5) is 14.0. The lowest BCUT2D eigenvalue weighted by Crippen LogP contribution is -2.14. The normalized spacial score (nSPS) is 13.6. The van der Waals surface area contributed by atoms with Crippen LogP contribution in [0.1, 0.15) is 46.0 Å². The molecule has 0 heterocycles. The number of carbonyl (C=O) groups is 1. The van der Waals surface area contributed by atoms with E-state index in [2.05, 4.69) is 18.7 Å². The molecule has 0 saturated carbocycles. The molecule has 0 rings (SSSR count). The Morgan fingerprint density at radius 1 is 1.19 bits per heavy atom. The summed E-state index contributed by atoms with van der Waals surface area (Å²) in [6.07, 6.45) is 9.27. The maximum Gasteiger partial charge on any atom is 0.158 e. The topological polar surface area (TPSA) is 20.3 Å². The fourth-order valence-electron chi connectivity index (χ4n) is 1.74. The smallest absolute Gasteiger partial charge is 0.158 e. The Morgan fingerprint density at radius 3 is 2.38 bits per heavy atom. The maximum absolute atomic E-state index is 11.9. The number of hydrogen-bond acceptors (Lipinski definition) is 2. The first-order valence-electron chi connectivity index (χ1n) is 6.46. The molecule has 0 spiro atoms. The highest BCUT2D eigenvalue weighted by Crippen LogP contribution is 2.16. The number of likely N-dealkylation sites (N-methyl/N-ethyl adjacent to an activating group) is 1. The number of carbonyl (C=O) groups excluding carboxylic acids is 1. The van der Waals surface area contributed by atoms with Crippen molar-refractivity contribution in [2.75, 3.05) is 20.6 Å². The zero-order chi connectivity index (χ0) is 12.4. The lowest BCUT2D eigenvalue weighted by Gasteiger charge is -2.12. The van der Waals surface area contributed by atoms with Gasteiger partial charge in [0.1, 0.15) is 0 Å². The molecular weight excluding hydrogens is 198 g/mol. The maximum atomic E-state index is 11.9. The summed E-state index contributed by atoms with van der Waals surface area (Å²) in [6, 6.07) is 0. The molecule has 2 nitrogen and oxygen atoms in total. The van der Waals surface area contributed by atoms with Crippen molar-refractivity contribution in [3.05, 3.63) is 12.2 Å². The van der Waals surface area contributed by atoms with E-state index in [1.165, 1.54) is 6.42 Å². The van der Waals surface area contributed by atoms with E-state index in [-0.39, 0.29) is 5.92 Å². The number of allylic oxidation sites excluding steroid dienone is 1. The zero-order valence-electron chi connectivity index (χ0n) is 11.3. The van der Waals surface area contributed by atoms with Gasteiger partial charge in [-0.15, -0.1) is 0 Å². The minimum atomic E-state index is 0.253. The molecule has 0 saturated heterocycles. The SMILES string of the molecule is CCCCC(CCC)C(=O)/C=C/CN(C)C. The number of rotatable bonds is 9. The van der Waals surface area contributed by atoms with Gasteiger partial charge in [-0.25, -0.2) is 0 Å². The van der Waals surface area contributed by atoms with Crippen molar-refractivity contribution in [3.63, 3.8) is 0 Å². The summed E-state index contributed by atoms with van der Waals surface area (Å²) >= 11 is 0. The molecule has 0 radical (unpaired) electrons. The molecule has 0 aromatic rings. The summed E-state index contributed by atoms with van der Waals surface area (Å²) in [5.41, 5.74) is 0. The lowest BCUT2D eigenvalue weighted by molar-refractivity contribution is -0.118. The van der Waals surface area contributed by atoms with E-state index in [0.717, 1.165) is 32.2 Å². The van der Waals surface area contributed by atoms with Crippen molar-refractivity contribution in [2.45, 2.75) is 46.0 Å². The van der Waals surface area contributed by atoms with E-state index in [1.54, 1.807) is 6.08 Å². The molecular formula is C14H27NO. The molecule has 2 heteroatoms. The predicted octanol–water partition coefficient (Wildman–Crippen LogP) is 3.28. The van der Waals surface area contributed by atoms with E-state index in [9.17, 15) is 4.79 Å². The standard InChI is InChI=1S/C14H27NO/c1-5-7-10-13(9-6-2)14(16)11-8-12-15(3)4/h8,11,13H,5-7,9-10,12H2,1-4H3/b11-8+. The molecule has 0 aromatic heterocycles. The summed E-state index contributed by atoms with van der Waals surface area (Å²) in [6.45, 7) is 5.17. The Bertz CT molecular complexity index is 209. The average Bonchev–Trinajstić information content (AvgIpc) is 2.23. The van der Waals surface area contributed by atoms with Gasteiger partial charge in [-0.05, 0) is 33.0 Å². The summed E-state index contributed by atoms with van der Waals surface area (Å²) in [5.74, 6) is 0.570. The van der Waals surface area contributed by atoms with Crippen LogP contribution >= 0.6 is 0 Å². The van der Waals surface area contributed by atoms with Gasteiger partial charge >= 0.3 is 0 Å². The summed E-state index contributed by atoms with van der Waals surface area (Å²) in [5, 5.41) is 0. The lowest BCUT2D eigenvalue weighted by atomic mass is 9.92. The van der Waals surface area contributed by atoms with E-state index in [0.29, 0.717) is 5.78 Å². The summed E-state index contributed by atoms with van der Waals surface area (Å²) in [7, 11) is 4.02. The Labute approximate surface area is 101 Å². The van der Waals surface area contributed by atoms with Gasteiger partial charge in [0, 0.05) is 12.5 Å². The number of ketones is 1. The molecule has 0 aliphatic heterocycles. The van der Waals surface area contributed by atoms with Gasteiger partial charge in [-0.3, -0.25) is 4.79 Å². The second kappa shape index (κ2) is 9.59. The molecule has 0 aliphatic rings. The van der Waals surface area contributed by atoms with Crippen molar-refractivity contribution >= 4 is 5.78 Å². The van der Waals surface area contributed by atoms with Gasteiger partial charge in [0.15, 0.2) is 5.78 Å². The van der Waals surface area contributed by atoms with Crippen LogP contribution in [0.2, 0.25) is 0 Å². The minimum Gasteiger partial charge on any atom is -0.306 e. The third kappa shape index (κ3) is 7.63. The molecule has 94 valence electrons. The van der Waals surface area contributed by atoms with Crippen LogP contribution in [0.5, 0.6) is 0 Å².